The molecule has 27 heavy (non-hydrogen) atoms. The first-order chi connectivity index (χ1) is 13.1. The first kappa shape index (κ1) is 19.2. The van der Waals surface area contributed by atoms with E-state index in [9.17, 15) is 14.3 Å². The topological polar surface area (TPSA) is 82.5 Å². The Kier molecular flexibility index (Phi) is 6.28. The number of aromatic nitrogens is 1. The number of thiazole rings is 1. The zero-order valence-electron chi connectivity index (χ0n) is 14.5. The number of carbonyl (C=O) groups excluding carboxylic acids is 1. The molecular weight excluding hydrogens is 367 g/mol. The van der Waals surface area contributed by atoms with Crippen LogP contribution in [0.1, 0.15) is 22.5 Å². The molecule has 0 aliphatic heterocycles. The number of aliphatic hydroxyl groups excluding tert-OH is 2. The summed E-state index contributed by atoms with van der Waals surface area (Å²) in [6.07, 6.45) is 0.481. The van der Waals surface area contributed by atoms with Crippen LogP contribution in [0.2, 0.25) is 0 Å². The molecule has 5 nitrogen and oxygen atoms in total. The predicted octanol–water partition coefficient (Wildman–Crippen LogP) is 3.22. The van der Waals surface area contributed by atoms with Gasteiger partial charge in [-0.15, -0.1) is 11.3 Å². The predicted molar refractivity (Wildman–Crippen MR) is 103 cm³/mol. The van der Waals surface area contributed by atoms with Gasteiger partial charge in [0.1, 0.15) is 10.8 Å². The molecule has 0 spiro atoms. The molecule has 3 N–H and O–H groups in total. The summed E-state index contributed by atoms with van der Waals surface area (Å²) in [5, 5.41) is 21.9. The summed E-state index contributed by atoms with van der Waals surface area (Å²) in [6.45, 7) is 0.133. The highest BCUT2D eigenvalue weighted by Crippen LogP contribution is 2.36. The second-order valence-corrected chi connectivity index (χ2v) is 6.84. The van der Waals surface area contributed by atoms with Gasteiger partial charge in [0.2, 0.25) is 0 Å². The summed E-state index contributed by atoms with van der Waals surface area (Å²) in [5.41, 5.74) is 2.37. The largest absolute Gasteiger partial charge is 0.396 e. The zero-order chi connectivity index (χ0) is 19.2. The van der Waals surface area contributed by atoms with Crippen LogP contribution < -0.4 is 5.32 Å². The highest BCUT2D eigenvalue weighted by atomic mass is 32.1. The van der Waals surface area contributed by atoms with Gasteiger partial charge in [-0.05, 0) is 30.2 Å². The minimum Gasteiger partial charge on any atom is -0.396 e. The van der Waals surface area contributed by atoms with E-state index in [4.69, 9.17) is 5.11 Å². The van der Waals surface area contributed by atoms with Crippen LogP contribution >= 0.6 is 11.3 Å². The van der Waals surface area contributed by atoms with Gasteiger partial charge in [0.15, 0.2) is 0 Å². The first-order valence-electron chi connectivity index (χ1n) is 8.49. The normalized spacial score (nSPS) is 10.8. The molecule has 2 aromatic carbocycles. The minimum atomic E-state index is -0.334. The molecule has 1 heterocycles. The molecule has 1 amide bonds. The summed E-state index contributed by atoms with van der Waals surface area (Å²) in [6, 6.07) is 13.1. The quantitative estimate of drug-likeness (QED) is 0.545. The van der Waals surface area contributed by atoms with Crippen molar-refractivity contribution in [2.24, 2.45) is 0 Å². The van der Waals surface area contributed by atoms with Crippen molar-refractivity contribution in [3.63, 3.8) is 0 Å². The molecule has 0 bridgehead atoms. The second-order valence-electron chi connectivity index (χ2n) is 5.84. The molecule has 0 aliphatic carbocycles. The highest BCUT2D eigenvalue weighted by Gasteiger charge is 2.18. The van der Waals surface area contributed by atoms with E-state index in [1.165, 1.54) is 23.5 Å². The van der Waals surface area contributed by atoms with Gasteiger partial charge in [-0.1, -0.05) is 30.3 Å². The van der Waals surface area contributed by atoms with Gasteiger partial charge in [-0.2, -0.15) is 0 Å². The molecule has 0 fully saturated rings. The summed E-state index contributed by atoms with van der Waals surface area (Å²) >= 11 is 1.34. The number of rotatable bonds is 7. The lowest BCUT2D eigenvalue weighted by atomic mass is 10.1. The Labute approximate surface area is 160 Å². The van der Waals surface area contributed by atoms with Gasteiger partial charge >= 0.3 is 0 Å². The van der Waals surface area contributed by atoms with Gasteiger partial charge in [0.05, 0.1) is 17.2 Å². The Bertz CT molecular complexity index is 925. The molecule has 7 heteroatoms. The number of nitrogens with one attached hydrogen (secondary N) is 1. The molecular formula is C20H19FN2O3S. The van der Waals surface area contributed by atoms with Gasteiger partial charge in [-0.25, -0.2) is 9.37 Å². The van der Waals surface area contributed by atoms with Crippen molar-refractivity contribution >= 4 is 17.2 Å². The molecule has 3 rings (SSSR count). The van der Waals surface area contributed by atoms with E-state index in [0.717, 1.165) is 10.4 Å². The van der Waals surface area contributed by atoms with Crippen molar-refractivity contribution in [3.8, 4) is 21.0 Å². The third-order valence-corrected chi connectivity index (χ3v) is 5.16. The number of hydrogen-bond acceptors (Lipinski definition) is 5. The van der Waals surface area contributed by atoms with Crippen LogP contribution in [0.4, 0.5) is 4.39 Å². The fourth-order valence-corrected chi connectivity index (χ4v) is 3.76. The van der Waals surface area contributed by atoms with Gasteiger partial charge < -0.3 is 15.5 Å². The maximum atomic E-state index is 13.2. The molecule has 140 valence electrons. The summed E-state index contributed by atoms with van der Waals surface area (Å²) in [7, 11) is 0. The SMILES string of the molecule is O=C(NCCCO)c1ccccc1-c1nc(CO)c(-c2ccc(F)cc2)s1. The van der Waals surface area contributed by atoms with Crippen molar-refractivity contribution in [1.82, 2.24) is 10.3 Å². The van der Waals surface area contributed by atoms with E-state index < -0.39 is 0 Å². The Morgan fingerprint density at radius 1 is 1.11 bits per heavy atom. The third kappa shape index (κ3) is 4.39. The van der Waals surface area contributed by atoms with Gasteiger partial charge in [0.25, 0.3) is 5.91 Å². The van der Waals surface area contributed by atoms with Crippen LogP contribution in [0.3, 0.4) is 0 Å². The summed E-state index contributed by atoms with van der Waals surface area (Å²) < 4.78 is 13.2. The van der Waals surface area contributed by atoms with E-state index in [1.807, 2.05) is 6.07 Å². The maximum Gasteiger partial charge on any atom is 0.252 e. The number of benzene rings is 2. The van der Waals surface area contributed by atoms with Crippen LogP contribution in [-0.4, -0.2) is 34.3 Å². The average Bonchev–Trinajstić information content (AvgIpc) is 3.13. The van der Waals surface area contributed by atoms with Crippen molar-refractivity contribution < 1.29 is 19.4 Å². The van der Waals surface area contributed by atoms with E-state index >= 15 is 0 Å². The fraction of sp³-hybridized carbons (Fsp3) is 0.200. The van der Waals surface area contributed by atoms with E-state index in [-0.39, 0.29) is 24.9 Å². The van der Waals surface area contributed by atoms with E-state index in [0.29, 0.717) is 34.8 Å². The Hall–Kier alpha value is -2.61. The molecule has 3 aromatic rings. The molecule has 0 radical (unpaired) electrons. The van der Waals surface area contributed by atoms with Crippen LogP contribution in [0.25, 0.3) is 21.0 Å². The number of hydrogen-bond donors (Lipinski definition) is 3. The smallest absolute Gasteiger partial charge is 0.252 e. The Balaban J connectivity index is 1.98. The van der Waals surface area contributed by atoms with Crippen molar-refractivity contribution in [2.75, 3.05) is 13.2 Å². The molecule has 0 atom stereocenters. The number of nitrogens with zero attached hydrogens (tertiary/aromatic N) is 1. The lowest BCUT2D eigenvalue weighted by Gasteiger charge is -2.08. The number of carbonyl (C=O) groups is 1. The standard InChI is InChI=1S/C20H19FN2O3S/c21-14-8-6-13(7-9-14)18-17(12-25)23-20(27-18)16-5-2-1-4-15(16)19(26)22-10-3-11-24/h1-2,4-9,24-25H,3,10-12H2,(H,22,26). The molecule has 0 saturated carbocycles. The number of aliphatic hydroxyl groups is 2. The van der Waals surface area contributed by atoms with E-state index in [1.54, 1.807) is 30.3 Å². The van der Waals surface area contributed by atoms with Crippen molar-refractivity contribution in [3.05, 3.63) is 65.6 Å². The van der Waals surface area contributed by atoms with Crippen LogP contribution in [-0.2, 0) is 6.61 Å². The Morgan fingerprint density at radius 2 is 1.85 bits per heavy atom. The highest BCUT2D eigenvalue weighted by molar-refractivity contribution is 7.18. The summed E-state index contributed by atoms with van der Waals surface area (Å²) in [5.74, 6) is -0.581. The second kappa shape index (κ2) is 8.85. The fourth-order valence-electron chi connectivity index (χ4n) is 2.64. The monoisotopic (exact) mass is 386 g/mol. The lowest BCUT2D eigenvalue weighted by Crippen LogP contribution is -2.25. The zero-order valence-corrected chi connectivity index (χ0v) is 15.3. The maximum absolute atomic E-state index is 13.2. The average molecular weight is 386 g/mol. The lowest BCUT2D eigenvalue weighted by molar-refractivity contribution is 0.0952. The van der Waals surface area contributed by atoms with Gasteiger partial charge in [0, 0.05) is 24.3 Å². The van der Waals surface area contributed by atoms with Gasteiger partial charge in [-0.3, -0.25) is 4.79 Å². The molecule has 0 unspecified atom stereocenters. The summed E-state index contributed by atoms with van der Waals surface area (Å²) in [4.78, 5) is 17.7. The van der Waals surface area contributed by atoms with E-state index in [2.05, 4.69) is 10.3 Å². The number of halogens is 1. The van der Waals surface area contributed by atoms with Crippen LogP contribution in [0, 0.1) is 5.82 Å². The van der Waals surface area contributed by atoms with Crippen molar-refractivity contribution in [2.45, 2.75) is 13.0 Å². The molecule has 1 aromatic heterocycles. The minimum absolute atomic E-state index is 0.00922. The third-order valence-electron chi connectivity index (χ3n) is 3.98. The van der Waals surface area contributed by atoms with Crippen LogP contribution in [0.15, 0.2) is 48.5 Å². The van der Waals surface area contributed by atoms with Crippen LogP contribution in [0.5, 0.6) is 0 Å². The molecule has 0 saturated heterocycles. The Morgan fingerprint density at radius 3 is 2.56 bits per heavy atom. The number of amides is 1. The molecule has 0 aliphatic rings. The first-order valence-corrected chi connectivity index (χ1v) is 9.30. The van der Waals surface area contributed by atoms with Crippen molar-refractivity contribution in [1.29, 1.82) is 0 Å².